The first-order chi connectivity index (χ1) is 14.6. The summed E-state index contributed by atoms with van der Waals surface area (Å²) in [6, 6.07) is 12.7. The van der Waals surface area contributed by atoms with Crippen LogP contribution in [0.1, 0.15) is 30.9 Å². The SMILES string of the molecule is CCOc1cc(/C=C2\N=C(c3ccc(N4CCCC4=O)cc3)OC2=O)ccc1OC. The fourth-order valence-electron chi connectivity index (χ4n) is 3.45. The van der Waals surface area contributed by atoms with E-state index in [0.717, 1.165) is 24.2 Å². The molecule has 1 fully saturated rings. The number of nitrogens with zero attached hydrogens (tertiary/aromatic N) is 2. The maximum absolute atomic E-state index is 12.3. The Hall–Kier alpha value is -3.61. The maximum atomic E-state index is 12.3. The number of cyclic esters (lactones) is 1. The molecule has 1 amide bonds. The van der Waals surface area contributed by atoms with Crippen LogP contribution in [0, 0.1) is 0 Å². The smallest absolute Gasteiger partial charge is 0.363 e. The van der Waals surface area contributed by atoms with Crippen molar-refractivity contribution < 1.29 is 23.8 Å². The van der Waals surface area contributed by atoms with Crippen LogP contribution in [0.3, 0.4) is 0 Å². The lowest BCUT2D eigenvalue weighted by Crippen LogP contribution is -2.23. The van der Waals surface area contributed by atoms with Gasteiger partial charge in [-0.05, 0) is 61.4 Å². The molecule has 0 radical (unpaired) electrons. The molecule has 2 aliphatic rings. The van der Waals surface area contributed by atoms with E-state index in [1.54, 1.807) is 42.4 Å². The van der Waals surface area contributed by atoms with Crippen molar-refractivity contribution in [1.82, 2.24) is 0 Å². The highest BCUT2D eigenvalue weighted by molar-refractivity contribution is 6.13. The quantitative estimate of drug-likeness (QED) is 0.541. The first-order valence-corrected chi connectivity index (χ1v) is 9.83. The molecule has 0 aromatic heterocycles. The Bertz CT molecular complexity index is 1040. The van der Waals surface area contributed by atoms with Gasteiger partial charge in [-0.15, -0.1) is 0 Å². The Morgan fingerprint density at radius 3 is 2.60 bits per heavy atom. The number of rotatable bonds is 6. The number of methoxy groups -OCH3 is 1. The van der Waals surface area contributed by atoms with E-state index < -0.39 is 5.97 Å². The molecule has 30 heavy (non-hydrogen) atoms. The number of amides is 1. The first-order valence-electron chi connectivity index (χ1n) is 9.83. The molecule has 2 aromatic carbocycles. The molecule has 0 spiro atoms. The molecule has 7 nitrogen and oxygen atoms in total. The predicted molar refractivity (Wildman–Crippen MR) is 113 cm³/mol. The van der Waals surface area contributed by atoms with Crippen molar-refractivity contribution in [2.45, 2.75) is 19.8 Å². The zero-order valence-corrected chi connectivity index (χ0v) is 16.9. The van der Waals surface area contributed by atoms with E-state index in [0.29, 0.717) is 30.1 Å². The highest BCUT2D eigenvalue weighted by Gasteiger charge is 2.25. The minimum absolute atomic E-state index is 0.128. The van der Waals surface area contributed by atoms with Crippen molar-refractivity contribution in [3.05, 3.63) is 59.3 Å². The van der Waals surface area contributed by atoms with Crippen molar-refractivity contribution in [2.75, 3.05) is 25.2 Å². The number of carbonyl (C=O) groups excluding carboxylic acids is 2. The third-order valence-electron chi connectivity index (χ3n) is 4.91. The van der Waals surface area contributed by atoms with Gasteiger partial charge in [-0.2, -0.15) is 0 Å². The van der Waals surface area contributed by atoms with Crippen molar-refractivity contribution in [3.8, 4) is 11.5 Å². The van der Waals surface area contributed by atoms with Gasteiger partial charge in [0.1, 0.15) is 0 Å². The monoisotopic (exact) mass is 406 g/mol. The van der Waals surface area contributed by atoms with Crippen molar-refractivity contribution >= 4 is 29.5 Å². The molecule has 2 aromatic rings. The summed E-state index contributed by atoms with van der Waals surface area (Å²) in [6.07, 6.45) is 3.10. The molecule has 154 valence electrons. The number of hydrogen-bond acceptors (Lipinski definition) is 6. The maximum Gasteiger partial charge on any atom is 0.363 e. The highest BCUT2D eigenvalue weighted by Crippen LogP contribution is 2.30. The zero-order chi connectivity index (χ0) is 21.1. The van der Waals surface area contributed by atoms with Crippen LogP contribution in [0.5, 0.6) is 11.5 Å². The Labute approximate surface area is 174 Å². The fourth-order valence-corrected chi connectivity index (χ4v) is 3.45. The molecular weight excluding hydrogens is 384 g/mol. The number of hydrogen-bond donors (Lipinski definition) is 0. The van der Waals surface area contributed by atoms with Crippen LogP contribution in [0.15, 0.2) is 53.2 Å². The molecule has 2 aliphatic heterocycles. The normalized spacial score (nSPS) is 17.3. The second kappa shape index (κ2) is 8.41. The molecule has 4 rings (SSSR count). The standard InChI is InChI=1S/C23H22N2O5/c1-3-29-20-14-15(6-11-19(20)28-2)13-18-23(27)30-22(24-18)16-7-9-17(10-8-16)25-12-4-5-21(25)26/h6-11,13-14H,3-5,12H2,1-2H3/b18-13-. The topological polar surface area (TPSA) is 77.4 Å². The molecule has 0 aliphatic carbocycles. The van der Waals surface area contributed by atoms with Gasteiger partial charge < -0.3 is 19.1 Å². The summed E-state index contributed by atoms with van der Waals surface area (Å²) < 4.78 is 16.2. The van der Waals surface area contributed by atoms with Gasteiger partial charge in [-0.25, -0.2) is 9.79 Å². The average Bonchev–Trinajstić information content (AvgIpc) is 3.34. The number of anilines is 1. The van der Waals surface area contributed by atoms with E-state index in [1.807, 2.05) is 25.1 Å². The molecule has 0 bridgehead atoms. The minimum atomic E-state index is -0.516. The number of aliphatic imine (C=N–C) groups is 1. The lowest BCUT2D eigenvalue weighted by atomic mass is 10.1. The lowest BCUT2D eigenvalue weighted by molar-refractivity contribution is -0.130. The highest BCUT2D eigenvalue weighted by atomic mass is 16.6. The van der Waals surface area contributed by atoms with Gasteiger partial charge in [-0.3, -0.25) is 4.79 Å². The summed E-state index contributed by atoms with van der Waals surface area (Å²) in [5.41, 5.74) is 2.46. The molecule has 0 saturated carbocycles. The number of carbonyl (C=O) groups is 2. The molecule has 7 heteroatoms. The Kier molecular flexibility index (Phi) is 5.52. The van der Waals surface area contributed by atoms with Gasteiger partial charge in [0.15, 0.2) is 17.2 Å². The van der Waals surface area contributed by atoms with E-state index in [2.05, 4.69) is 4.99 Å². The van der Waals surface area contributed by atoms with Crippen LogP contribution < -0.4 is 14.4 Å². The number of ether oxygens (including phenoxy) is 3. The Balaban J connectivity index is 1.57. The van der Waals surface area contributed by atoms with E-state index in [1.165, 1.54) is 0 Å². The van der Waals surface area contributed by atoms with Crippen LogP contribution in [-0.2, 0) is 14.3 Å². The predicted octanol–water partition coefficient (Wildman–Crippen LogP) is 3.57. The minimum Gasteiger partial charge on any atom is -0.493 e. The van der Waals surface area contributed by atoms with E-state index in [4.69, 9.17) is 14.2 Å². The van der Waals surface area contributed by atoms with Gasteiger partial charge in [0.05, 0.1) is 13.7 Å². The molecule has 0 N–H and O–H groups in total. The summed E-state index contributed by atoms with van der Waals surface area (Å²) in [5, 5.41) is 0. The van der Waals surface area contributed by atoms with E-state index in [-0.39, 0.29) is 17.5 Å². The Morgan fingerprint density at radius 2 is 1.93 bits per heavy atom. The summed E-state index contributed by atoms with van der Waals surface area (Å²) in [6.45, 7) is 3.12. The summed E-state index contributed by atoms with van der Waals surface area (Å²) in [7, 11) is 1.58. The summed E-state index contributed by atoms with van der Waals surface area (Å²) >= 11 is 0. The molecule has 0 unspecified atom stereocenters. The van der Waals surface area contributed by atoms with E-state index >= 15 is 0 Å². The third kappa shape index (κ3) is 3.91. The Morgan fingerprint density at radius 1 is 1.13 bits per heavy atom. The molecule has 0 atom stereocenters. The van der Waals surface area contributed by atoms with Crippen LogP contribution in [0.2, 0.25) is 0 Å². The zero-order valence-electron chi connectivity index (χ0n) is 16.9. The average molecular weight is 406 g/mol. The van der Waals surface area contributed by atoms with Gasteiger partial charge in [0.2, 0.25) is 11.8 Å². The first kappa shape index (κ1) is 19.7. The molecular formula is C23H22N2O5. The number of esters is 1. The van der Waals surface area contributed by atoms with Gasteiger partial charge in [0, 0.05) is 24.2 Å². The van der Waals surface area contributed by atoms with Crippen LogP contribution in [-0.4, -0.2) is 38.0 Å². The summed E-state index contributed by atoms with van der Waals surface area (Å²) in [5.74, 6) is 1.07. The third-order valence-corrected chi connectivity index (χ3v) is 4.91. The van der Waals surface area contributed by atoms with Crippen LogP contribution in [0.4, 0.5) is 5.69 Å². The second-order valence-corrected chi connectivity index (χ2v) is 6.88. The summed E-state index contributed by atoms with van der Waals surface area (Å²) in [4.78, 5) is 30.3. The number of benzene rings is 2. The van der Waals surface area contributed by atoms with E-state index in [9.17, 15) is 9.59 Å². The fraction of sp³-hybridized carbons (Fsp3) is 0.261. The van der Waals surface area contributed by atoms with Crippen molar-refractivity contribution in [3.63, 3.8) is 0 Å². The molecule has 1 saturated heterocycles. The van der Waals surface area contributed by atoms with Gasteiger partial charge in [-0.1, -0.05) is 6.07 Å². The van der Waals surface area contributed by atoms with Gasteiger partial charge >= 0.3 is 5.97 Å². The van der Waals surface area contributed by atoms with Crippen LogP contribution >= 0.6 is 0 Å². The lowest BCUT2D eigenvalue weighted by Gasteiger charge is -2.15. The van der Waals surface area contributed by atoms with Crippen molar-refractivity contribution in [1.29, 1.82) is 0 Å². The van der Waals surface area contributed by atoms with Crippen LogP contribution in [0.25, 0.3) is 6.08 Å². The second-order valence-electron chi connectivity index (χ2n) is 6.88. The van der Waals surface area contributed by atoms with Crippen molar-refractivity contribution in [2.24, 2.45) is 4.99 Å². The largest absolute Gasteiger partial charge is 0.493 e. The van der Waals surface area contributed by atoms with Gasteiger partial charge in [0.25, 0.3) is 0 Å². The molecule has 2 heterocycles.